The van der Waals surface area contributed by atoms with E-state index in [1.165, 1.54) is 30.5 Å². The topological polar surface area (TPSA) is 49.2 Å². The van der Waals surface area contributed by atoms with E-state index >= 15 is 0 Å². The van der Waals surface area contributed by atoms with Crippen LogP contribution in [-0.2, 0) is 18.7 Å². The van der Waals surface area contributed by atoms with Crippen molar-refractivity contribution in [3.8, 4) is 22.9 Å². The van der Waals surface area contributed by atoms with Crippen molar-refractivity contribution in [3.05, 3.63) is 89.7 Å². The predicted octanol–water partition coefficient (Wildman–Crippen LogP) is 5.64. The molecule has 1 heterocycles. The molecular formula is C25H24FN3O2S. The Kier molecular flexibility index (Phi) is 7.07. The van der Waals surface area contributed by atoms with Gasteiger partial charge in [0.2, 0.25) is 0 Å². The van der Waals surface area contributed by atoms with Crippen LogP contribution in [0.2, 0.25) is 0 Å². The lowest BCUT2D eigenvalue weighted by molar-refractivity contribution is 0.386. The van der Waals surface area contributed by atoms with Crippen LogP contribution < -0.4 is 9.47 Å². The smallest absolute Gasteiger partial charge is 0.191 e. The SMILES string of the molecule is COc1ccc(CSc2nnc(-c3ccccc3OC)n2CCc2ccccc2)cc1F. The lowest BCUT2D eigenvalue weighted by atomic mass is 10.1. The van der Waals surface area contributed by atoms with E-state index in [1.807, 2.05) is 48.5 Å². The van der Waals surface area contributed by atoms with Gasteiger partial charge in [0.15, 0.2) is 22.5 Å². The molecule has 7 heteroatoms. The molecule has 0 saturated heterocycles. The summed E-state index contributed by atoms with van der Waals surface area (Å²) in [6.07, 6.45) is 0.839. The second-order valence-electron chi connectivity index (χ2n) is 7.15. The summed E-state index contributed by atoms with van der Waals surface area (Å²) in [7, 11) is 3.11. The average molecular weight is 450 g/mol. The molecular weight excluding hydrogens is 425 g/mol. The zero-order valence-electron chi connectivity index (χ0n) is 18.0. The van der Waals surface area contributed by atoms with Gasteiger partial charge in [0.1, 0.15) is 5.75 Å². The molecule has 0 spiro atoms. The maximum atomic E-state index is 14.1. The summed E-state index contributed by atoms with van der Waals surface area (Å²) < 4.78 is 26.8. The quantitative estimate of drug-likeness (QED) is 0.310. The Morgan fingerprint density at radius 1 is 0.844 bits per heavy atom. The number of ether oxygens (including phenoxy) is 2. The first-order chi connectivity index (χ1) is 15.7. The Bertz CT molecular complexity index is 1180. The monoisotopic (exact) mass is 449 g/mol. The number of aryl methyl sites for hydroxylation is 1. The highest BCUT2D eigenvalue weighted by molar-refractivity contribution is 7.98. The third-order valence-corrected chi connectivity index (χ3v) is 6.15. The number of para-hydroxylation sites is 1. The van der Waals surface area contributed by atoms with Gasteiger partial charge in [-0.1, -0.05) is 60.3 Å². The van der Waals surface area contributed by atoms with E-state index in [9.17, 15) is 4.39 Å². The molecule has 0 atom stereocenters. The highest BCUT2D eigenvalue weighted by Gasteiger charge is 2.18. The van der Waals surface area contributed by atoms with Crippen molar-refractivity contribution < 1.29 is 13.9 Å². The molecule has 0 aliphatic heterocycles. The van der Waals surface area contributed by atoms with Crippen LogP contribution in [0.4, 0.5) is 4.39 Å². The first-order valence-corrected chi connectivity index (χ1v) is 11.2. The van der Waals surface area contributed by atoms with Gasteiger partial charge in [-0.2, -0.15) is 0 Å². The normalized spacial score (nSPS) is 10.8. The molecule has 4 aromatic rings. The van der Waals surface area contributed by atoms with Crippen molar-refractivity contribution in [1.29, 1.82) is 0 Å². The molecule has 0 bridgehead atoms. The van der Waals surface area contributed by atoms with Crippen LogP contribution in [-0.4, -0.2) is 29.0 Å². The van der Waals surface area contributed by atoms with Crippen molar-refractivity contribution in [1.82, 2.24) is 14.8 Å². The van der Waals surface area contributed by atoms with Gasteiger partial charge in [-0.15, -0.1) is 10.2 Å². The first-order valence-electron chi connectivity index (χ1n) is 10.3. The summed E-state index contributed by atoms with van der Waals surface area (Å²) in [5.74, 6) is 1.93. The van der Waals surface area contributed by atoms with Crippen LogP contribution >= 0.6 is 11.8 Å². The lowest BCUT2D eigenvalue weighted by Crippen LogP contribution is -2.06. The van der Waals surface area contributed by atoms with Gasteiger partial charge in [0, 0.05) is 12.3 Å². The highest BCUT2D eigenvalue weighted by Crippen LogP contribution is 2.32. The van der Waals surface area contributed by atoms with Crippen LogP contribution in [0.15, 0.2) is 78.0 Å². The fraction of sp³-hybridized carbons (Fsp3) is 0.200. The molecule has 0 saturated carbocycles. The maximum absolute atomic E-state index is 14.1. The Balaban J connectivity index is 1.62. The number of halogens is 1. The van der Waals surface area contributed by atoms with Crippen molar-refractivity contribution in [3.63, 3.8) is 0 Å². The first kappa shape index (κ1) is 21.9. The highest BCUT2D eigenvalue weighted by atomic mass is 32.2. The van der Waals surface area contributed by atoms with Crippen molar-refractivity contribution in [2.45, 2.75) is 23.9 Å². The van der Waals surface area contributed by atoms with Crippen LogP contribution in [0.3, 0.4) is 0 Å². The van der Waals surface area contributed by atoms with E-state index in [4.69, 9.17) is 9.47 Å². The van der Waals surface area contributed by atoms with E-state index in [0.717, 1.165) is 34.3 Å². The molecule has 0 amide bonds. The molecule has 0 aliphatic rings. The molecule has 32 heavy (non-hydrogen) atoms. The van der Waals surface area contributed by atoms with Gasteiger partial charge in [-0.3, -0.25) is 0 Å². The summed E-state index contributed by atoms with van der Waals surface area (Å²) in [6.45, 7) is 0.712. The van der Waals surface area contributed by atoms with Crippen molar-refractivity contribution in [2.75, 3.05) is 14.2 Å². The third-order valence-electron chi connectivity index (χ3n) is 5.12. The number of aromatic nitrogens is 3. The fourth-order valence-electron chi connectivity index (χ4n) is 3.46. The molecule has 5 nitrogen and oxygen atoms in total. The molecule has 0 aliphatic carbocycles. The van der Waals surface area contributed by atoms with Crippen molar-refractivity contribution >= 4 is 11.8 Å². The van der Waals surface area contributed by atoms with Crippen LogP contribution in [0.1, 0.15) is 11.1 Å². The van der Waals surface area contributed by atoms with E-state index in [0.29, 0.717) is 12.3 Å². The van der Waals surface area contributed by atoms with Gasteiger partial charge in [-0.05, 0) is 41.8 Å². The number of methoxy groups -OCH3 is 2. The summed E-state index contributed by atoms with van der Waals surface area (Å²) in [5, 5.41) is 9.71. The van der Waals surface area contributed by atoms with E-state index < -0.39 is 0 Å². The largest absolute Gasteiger partial charge is 0.496 e. The maximum Gasteiger partial charge on any atom is 0.191 e. The second-order valence-corrected chi connectivity index (χ2v) is 8.09. The molecule has 1 aromatic heterocycles. The van der Waals surface area contributed by atoms with Gasteiger partial charge < -0.3 is 14.0 Å². The standard InChI is InChI=1S/C25H24FN3O2S/c1-30-22-11-7-6-10-20(22)24-27-28-25(29(24)15-14-18-8-4-3-5-9-18)32-17-19-12-13-23(31-2)21(26)16-19/h3-13,16H,14-15,17H2,1-2H3. The molecule has 3 aromatic carbocycles. The van der Waals surface area contributed by atoms with Gasteiger partial charge >= 0.3 is 0 Å². The molecule has 0 radical (unpaired) electrons. The molecule has 4 rings (SSSR count). The Hall–Kier alpha value is -3.32. The molecule has 0 N–H and O–H groups in total. The Morgan fingerprint density at radius 2 is 1.59 bits per heavy atom. The number of thioether (sulfide) groups is 1. The van der Waals surface area contributed by atoms with Crippen LogP contribution in [0, 0.1) is 5.82 Å². The summed E-state index contributed by atoms with van der Waals surface area (Å²) in [5.41, 5.74) is 2.98. The van der Waals surface area contributed by atoms with Crippen molar-refractivity contribution in [2.24, 2.45) is 0 Å². The molecule has 0 fully saturated rings. The number of rotatable bonds is 9. The second kappa shape index (κ2) is 10.3. The van der Waals surface area contributed by atoms with Gasteiger partial charge in [-0.25, -0.2) is 4.39 Å². The summed E-state index contributed by atoms with van der Waals surface area (Å²) in [6, 6.07) is 23.1. The number of nitrogens with zero attached hydrogens (tertiary/aromatic N) is 3. The van der Waals surface area contributed by atoms with Crippen LogP contribution in [0.5, 0.6) is 11.5 Å². The zero-order chi connectivity index (χ0) is 22.3. The van der Waals surface area contributed by atoms with E-state index in [1.54, 1.807) is 13.2 Å². The zero-order valence-corrected chi connectivity index (χ0v) is 18.8. The van der Waals surface area contributed by atoms with Gasteiger partial charge in [0.25, 0.3) is 0 Å². The van der Waals surface area contributed by atoms with Gasteiger partial charge in [0.05, 0.1) is 19.8 Å². The van der Waals surface area contributed by atoms with Crippen LogP contribution in [0.25, 0.3) is 11.4 Å². The summed E-state index contributed by atoms with van der Waals surface area (Å²) >= 11 is 1.53. The lowest BCUT2D eigenvalue weighted by Gasteiger charge is -2.12. The Morgan fingerprint density at radius 3 is 2.34 bits per heavy atom. The minimum atomic E-state index is -0.370. The number of benzene rings is 3. The fourth-order valence-corrected chi connectivity index (χ4v) is 4.37. The van der Waals surface area contributed by atoms with E-state index in [2.05, 4.69) is 26.9 Å². The minimum absolute atomic E-state index is 0.239. The third kappa shape index (κ3) is 4.94. The molecule has 164 valence electrons. The number of hydrogen-bond acceptors (Lipinski definition) is 5. The Labute approximate surface area is 191 Å². The summed E-state index contributed by atoms with van der Waals surface area (Å²) in [4.78, 5) is 0. The minimum Gasteiger partial charge on any atom is -0.496 e. The average Bonchev–Trinajstić information content (AvgIpc) is 3.24. The predicted molar refractivity (Wildman–Crippen MR) is 125 cm³/mol. The van der Waals surface area contributed by atoms with E-state index in [-0.39, 0.29) is 11.6 Å². The molecule has 0 unspecified atom stereocenters. The number of hydrogen-bond donors (Lipinski definition) is 0.